The molecule has 5 heteroatoms. The lowest BCUT2D eigenvalue weighted by atomic mass is 10.2. The molecule has 0 atom stereocenters. The van der Waals surface area contributed by atoms with Crippen molar-refractivity contribution in [3.05, 3.63) is 59.9 Å². The monoisotopic (exact) mass is 242 g/mol. The second-order valence-electron chi connectivity index (χ2n) is 3.52. The molecule has 18 heavy (non-hydrogen) atoms. The summed E-state index contributed by atoms with van der Waals surface area (Å²) in [5.41, 5.74) is 5.82. The summed E-state index contributed by atoms with van der Waals surface area (Å²) in [4.78, 5) is 26.4. The van der Waals surface area contributed by atoms with E-state index in [1.54, 1.807) is 18.3 Å². The van der Waals surface area contributed by atoms with Gasteiger partial charge in [0.05, 0.1) is 5.56 Å². The third kappa shape index (κ3) is 2.70. The highest BCUT2D eigenvalue weighted by Crippen LogP contribution is 2.13. The van der Waals surface area contributed by atoms with Crippen LogP contribution < -0.4 is 10.5 Å². The number of nitrogens with zero attached hydrogens (tertiary/aromatic N) is 1. The first-order valence-corrected chi connectivity index (χ1v) is 5.19. The van der Waals surface area contributed by atoms with Crippen LogP contribution in [-0.2, 0) is 0 Å². The van der Waals surface area contributed by atoms with Gasteiger partial charge in [-0.3, -0.25) is 9.78 Å². The molecule has 0 aliphatic carbocycles. The predicted molar refractivity (Wildman–Crippen MR) is 64.2 cm³/mol. The van der Waals surface area contributed by atoms with Crippen LogP contribution in [0.1, 0.15) is 20.7 Å². The molecule has 1 aromatic carbocycles. The summed E-state index contributed by atoms with van der Waals surface area (Å²) in [7, 11) is 0. The van der Waals surface area contributed by atoms with Crippen molar-refractivity contribution < 1.29 is 14.3 Å². The molecule has 0 saturated carbocycles. The molecule has 0 radical (unpaired) electrons. The molecule has 90 valence electrons. The zero-order valence-corrected chi connectivity index (χ0v) is 9.37. The Morgan fingerprint density at radius 2 is 1.78 bits per heavy atom. The molecular formula is C13H10N2O3. The van der Waals surface area contributed by atoms with Crippen LogP contribution in [-0.4, -0.2) is 16.9 Å². The number of esters is 1. The molecule has 1 amide bonds. The zero-order chi connectivity index (χ0) is 13.0. The summed E-state index contributed by atoms with van der Waals surface area (Å²) in [6.07, 6.45) is 2.98. The van der Waals surface area contributed by atoms with Crippen molar-refractivity contribution in [2.24, 2.45) is 5.73 Å². The lowest BCUT2D eigenvalue weighted by Crippen LogP contribution is -2.11. The van der Waals surface area contributed by atoms with Crippen molar-refractivity contribution in [2.75, 3.05) is 0 Å². The summed E-state index contributed by atoms with van der Waals surface area (Å²) >= 11 is 0. The van der Waals surface area contributed by atoms with E-state index in [4.69, 9.17) is 10.5 Å². The molecule has 0 bridgehead atoms. The topological polar surface area (TPSA) is 82.3 Å². The van der Waals surface area contributed by atoms with Crippen molar-refractivity contribution in [1.29, 1.82) is 0 Å². The molecule has 1 aromatic heterocycles. The maximum Gasteiger partial charge on any atom is 0.345 e. The molecule has 2 N–H and O–H groups in total. The third-order valence-corrected chi connectivity index (χ3v) is 2.25. The van der Waals surface area contributed by atoms with Crippen LogP contribution in [0, 0.1) is 0 Å². The standard InChI is InChI=1S/C13H10N2O3/c14-12(16)9-3-5-11(6-4-9)18-13(17)10-2-1-7-15-8-10/h1-8H,(H2,14,16). The Morgan fingerprint density at radius 1 is 1.06 bits per heavy atom. The van der Waals surface area contributed by atoms with E-state index in [1.807, 2.05) is 0 Å². The van der Waals surface area contributed by atoms with E-state index < -0.39 is 11.9 Å². The van der Waals surface area contributed by atoms with Crippen molar-refractivity contribution in [1.82, 2.24) is 4.98 Å². The maximum atomic E-state index is 11.7. The molecule has 2 rings (SSSR count). The SMILES string of the molecule is NC(=O)c1ccc(OC(=O)c2cccnc2)cc1. The number of amides is 1. The van der Waals surface area contributed by atoms with Gasteiger partial charge in [0, 0.05) is 18.0 Å². The number of rotatable bonds is 3. The number of aromatic nitrogens is 1. The van der Waals surface area contributed by atoms with Gasteiger partial charge in [-0.15, -0.1) is 0 Å². The molecule has 0 unspecified atom stereocenters. The van der Waals surface area contributed by atoms with E-state index in [9.17, 15) is 9.59 Å². The van der Waals surface area contributed by atoms with E-state index in [1.165, 1.54) is 30.5 Å². The fraction of sp³-hybridized carbons (Fsp3) is 0. The molecule has 0 fully saturated rings. The second-order valence-corrected chi connectivity index (χ2v) is 3.52. The Morgan fingerprint density at radius 3 is 2.33 bits per heavy atom. The largest absolute Gasteiger partial charge is 0.423 e. The van der Waals surface area contributed by atoms with Gasteiger partial charge in [0.1, 0.15) is 5.75 Å². The predicted octanol–water partition coefficient (Wildman–Crippen LogP) is 1.40. The van der Waals surface area contributed by atoms with Crippen LogP contribution in [0.4, 0.5) is 0 Å². The fourth-order valence-electron chi connectivity index (χ4n) is 1.34. The number of ether oxygens (including phenoxy) is 1. The Kier molecular flexibility index (Phi) is 3.33. The first kappa shape index (κ1) is 11.8. The number of nitrogens with two attached hydrogens (primary N) is 1. The van der Waals surface area contributed by atoms with Gasteiger partial charge < -0.3 is 10.5 Å². The summed E-state index contributed by atoms with van der Waals surface area (Å²) in [6.45, 7) is 0. The lowest BCUT2D eigenvalue weighted by Gasteiger charge is -2.04. The summed E-state index contributed by atoms with van der Waals surface area (Å²) in [6, 6.07) is 9.25. The highest BCUT2D eigenvalue weighted by molar-refractivity contribution is 5.93. The van der Waals surface area contributed by atoms with E-state index in [-0.39, 0.29) is 0 Å². The molecule has 5 nitrogen and oxygen atoms in total. The van der Waals surface area contributed by atoms with Crippen molar-refractivity contribution >= 4 is 11.9 Å². The maximum absolute atomic E-state index is 11.7. The van der Waals surface area contributed by atoms with Gasteiger partial charge in [0.15, 0.2) is 0 Å². The van der Waals surface area contributed by atoms with Crippen LogP contribution in [0.15, 0.2) is 48.8 Å². The zero-order valence-electron chi connectivity index (χ0n) is 9.37. The van der Waals surface area contributed by atoms with Crippen LogP contribution in [0.5, 0.6) is 5.75 Å². The number of hydrogen-bond acceptors (Lipinski definition) is 4. The average molecular weight is 242 g/mol. The Balaban J connectivity index is 2.10. The minimum absolute atomic E-state index is 0.342. The number of pyridine rings is 1. The van der Waals surface area contributed by atoms with Crippen LogP contribution in [0.2, 0.25) is 0 Å². The Bertz CT molecular complexity index is 565. The van der Waals surface area contributed by atoms with Gasteiger partial charge >= 0.3 is 5.97 Å². The highest BCUT2D eigenvalue weighted by atomic mass is 16.5. The van der Waals surface area contributed by atoms with Gasteiger partial charge in [-0.2, -0.15) is 0 Å². The number of hydrogen-bond donors (Lipinski definition) is 1. The van der Waals surface area contributed by atoms with Gasteiger partial charge in [-0.1, -0.05) is 0 Å². The van der Waals surface area contributed by atoms with Gasteiger partial charge in [0.2, 0.25) is 5.91 Å². The van der Waals surface area contributed by atoms with Gasteiger partial charge in [0.25, 0.3) is 0 Å². The Labute approximate surface area is 103 Å². The number of carbonyl (C=O) groups excluding carboxylic acids is 2. The number of carbonyl (C=O) groups is 2. The highest BCUT2D eigenvalue weighted by Gasteiger charge is 2.08. The molecule has 0 saturated heterocycles. The van der Waals surface area contributed by atoms with E-state index in [0.717, 1.165) is 0 Å². The summed E-state index contributed by atoms with van der Waals surface area (Å²) in [5, 5.41) is 0. The lowest BCUT2D eigenvalue weighted by molar-refractivity contribution is 0.0734. The van der Waals surface area contributed by atoms with Crippen LogP contribution in [0.3, 0.4) is 0 Å². The quantitative estimate of drug-likeness (QED) is 0.651. The normalized spacial score (nSPS) is 9.78. The van der Waals surface area contributed by atoms with Crippen LogP contribution >= 0.6 is 0 Å². The van der Waals surface area contributed by atoms with E-state index >= 15 is 0 Å². The second kappa shape index (κ2) is 5.09. The van der Waals surface area contributed by atoms with Gasteiger partial charge in [-0.25, -0.2) is 4.79 Å². The molecule has 0 aliphatic heterocycles. The molecule has 1 heterocycles. The molecular weight excluding hydrogens is 232 g/mol. The average Bonchev–Trinajstić information content (AvgIpc) is 2.40. The molecule has 0 spiro atoms. The molecule has 0 aliphatic rings. The number of benzene rings is 1. The Hall–Kier alpha value is -2.69. The van der Waals surface area contributed by atoms with E-state index in [0.29, 0.717) is 16.9 Å². The van der Waals surface area contributed by atoms with Crippen LogP contribution in [0.25, 0.3) is 0 Å². The smallest absolute Gasteiger partial charge is 0.345 e. The van der Waals surface area contributed by atoms with Crippen molar-refractivity contribution in [3.8, 4) is 5.75 Å². The molecule has 2 aromatic rings. The first-order chi connectivity index (χ1) is 8.66. The minimum atomic E-state index is -0.528. The van der Waals surface area contributed by atoms with E-state index in [2.05, 4.69) is 4.98 Å². The third-order valence-electron chi connectivity index (χ3n) is 2.25. The fourth-order valence-corrected chi connectivity index (χ4v) is 1.34. The number of primary amides is 1. The van der Waals surface area contributed by atoms with Gasteiger partial charge in [-0.05, 0) is 36.4 Å². The minimum Gasteiger partial charge on any atom is -0.423 e. The summed E-state index contributed by atoms with van der Waals surface area (Å²) < 4.78 is 5.10. The summed E-state index contributed by atoms with van der Waals surface area (Å²) in [5.74, 6) is -0.691. The van der Waals surface area contributed by atoms with Crippen molar-refractivity contribution in [2.45, 2.75) is 0 Å². The van der Waals surface area contributed by atoms with Crippen molar-refractivity contribution in [3.63, 3.8) is 0 Å². The first-order valence-electron chi connectivity index (χ1n) is 5.19.